The number of quaternary nitrogens is 1. The molecule has 1 atom stereocenters. The van der Waals surface area contributed by atoms with Crippen molar-refractivity contribution >= 4 is 11.8 Å². The summed E-state index contributed by atoms with van der Waals surface area (Å²) in [6.45, 7) is 9.81. The molecule has 1 saturated heterocycles. The highest BCUT2D eigenvalue weighted by Gasteiger charge is 2.32. The molecule has 1 aromatic heterocycles. The van der Waals surface area contributed by atoms with Gasteiger partial charge in [-0.05, 0) is 33.3 Å². The van der Waals surface area contributed by atoms with Crippen LogP contribution in [0.2, 0.25) is 0 Å². The summed E-state index contributed by atoms with van der Waals surface area (Å²) in [5.74, 6) is -0.271. The summed E-state index contributed by atoms with van der Waals surface area (Å²) in [5.41, 5.74) is 2.48. The second-order valence-electron chi connectivity index (χ2n) is 5.80. The van der Waals surface area contributed by atoms with Crippen LogP contribution in [0.3, 0.4) is 0 Å². The van der Waals surface area contributed by atoms with Crippen molar-refractivity contribution in [3.8, 4) is 0 Å². The number of H-pyrrole nitrogens is 1. The molecule has 2 heterocycles. The lowest BCUT2D eigenvalue weighted by molar-refractivity contribution is -0.901. The van der Waals surface area contributed by atoms with Crippen LogP contribution in [-0.4, -0.2) is 42.5 Å². The van der Waals surface area contributed by atoms with Gasteiger partial charge in [-0.3, -0.25) is 4.79 Å². The van der Waals surface area contributed by atoms with E-state index in [2.05, 4.69) is 4.98 Å². The molecule has 0 spiro atoms. The van der Waals surface area contributed by atoms with Gasteiger partial charge in [0.05, 0.1) is 31.0 Å². The summed E-state index contributed by atoms with van der Waals surface area (Å²) in [5, 5.41) is 0. The smallest absolute Gasteiger partial charge is 0.340 e. The summed E-state index contributed by atoms with van der Waals surface area (Å²) in [7, 11) is 0. The highest BCUT2D eigenvalue weighted by molar-refractivity contribution is 6.03. The predicted octanol–water partition coefficient (Wildman–Crippen LogP) is 1.06. The third kappa shape index (κ3) is 3.02. The summed E-state index contributed by atoms with van der Waals surface area (Å²) in [4.78, 5) is 29.1. The average Bonchev–Trinajstić information content (AvgIpc) is 3.06. The highest BCUT2D eigenvalue weighted by atomic mass is 16.5. The van der Waals surface area contributed by atoms with Crippen LogP contribution in [0.15, 0.2) is 0 Å². The molecular formula is C16H25N2O3+. The first-order valence-electron chi connectivity index (χ1n) is 7.72. The molecule has 5 nitrogen and oxygen atoms in total. The van der Waals surface area contributed by atoms with E-state index in [0.29, 0.717) is 29.1 Å². The number of nitrogens with one attached hydrogen (secondary N) is 2. The predicted molar refractivity (Wildman–Crippen MR) is 79.9 cm³/mol. The Balaban J connectivity index is 2.25. The summed E-state index contributed by atoms with van der Waals surface area (Å²) < 4.78 is 5.07. The Morgan fingerprint density at radius 2 is 1.90 bits per heavy atom. The Morgan fingerprint density at radius 1 is 1.29 bits per heavy atom. The number of rotatable bonds is 5. The lowest BCUT2D eigenvalue weighted by Crippen LogP contribution is -3.14. The Bertz CT molecular complexity index is 542. The molecule has 0 bridgehead atoms. The fraction of sp³-hybridized carbons (Fsp3) is 0.625. The number of Topliss-reactive ketones (excluding diaryl/α,β-unsaturated/α-hetero) is 1. The van der Waals surface area contributed by atoms with Crippen molar-refractivity contribution in [2.75, 3.05) is 19.7 Å². The van der Waals surface area contributed by atoms with Crippen molar-refractivity contribution in [2.24, 2.45) is 0 Å². The molecule has 2 N–H and O–H groups in total. The topological polar surface area (TPSA) is 63.6 Å². The van der Waals surface area contributed by atoms with Gasteiger partial charge in [0.2, 0.25) is 5.78 Å². The molecule has 116 valence electrons. The number of aryl methyl sites for hydroxylation is 1. The molecule has 0 saturated carbocycles. The second kappa shape index (κ2) is 6.43. The van der Waals surface area contributed by atoms with Gasteiger partial charge in [0.25, 0.3) is 0 Å². The Morgan fingerprint density at radius 3 is 2.48 bits per heavy atom. The number of aromatic amines is 1. The van der Waals surface area contributed by atoms with E-state index in [0.717, 1.165) is 13.1 Å². The number of ketones is 1. The van der Waals surface area contributed by atoms with Crippen molar-refractivity contribution in [1.82, 2.24) is 4.98 Å². The van der Waals surface area contributed by atoms with Gasteiger partial charge >= 0.3 is 5.97 Å². The molecule has 1 aliphatic heterocycles. The molecule has 2 rings (SSSR count). The minimum absolute atomic E-state index is 0.0701. The van der Waals surface area contributed by atoms with Crippen LogP contribution in [0.4, 0.5) is 0 Å². The molecule has 1 fully saturated rings. The van der Waals surface area contributed by atoms with E-state index >= 15 is 0 Å². The van der Waals surface area contributed by atoms with E-state index in [4.69, 9.17) is 4.74 Å². The number of carbonyl (C=O) groups is 2. The van der Waals surface area contributed by atoms with Gasteiger partial charge in [-0.25, -0.2) is 4.79 Å². The van der Waals surface area contributed by atoms with Crippen LogP contribution in [0.5, 0.6) is 0 Å². The first kappa shape index (κ1) is 15.8. The largest absolute Gasteiger partial charge is 0.462 e. The maximum atomic E-state index is 12.7. The highest BCUT2D eigenvalue weighted by Crippen LogP contribution is 2.20. The number of ether oxygens (including phenoxy) is 1. The van der Waals surface area contributed by atoms with Crippen LogP contribution in [0, 0.1) is 13.8 Å². The van der Waals surface area contributed by atoms with Crippen LogP contribution in [0.1, 0.15) is 58.8 Å². The lowest BCUT2D eigenvalue weighted by atomic mass is 10.0. The van der Waals surface area contributed by atoms with Crippen molar-refractivity contribution in [2.45, 2.75) is 46.6 Å². The first-order valence-corrected chi connectivity index (χ1v) is 7.72. The minimum Gasteiger partial charge on any atom is -0.462 e. The Labute approximate surface area is 125 Å². The quantitative estimate of drug-likeness (QED) is 0.630. The van der Waals surface area contributed by atoms with Crippen LogP contribution >= 0.6 is 0 Å². The molecule has 1 aliphatic rings. The zero-order valence-electron chi connectivity index (χ0n) is 13.3. The molecule has 5 heteroatoms. The number of hydrogen-bond acceptors (Lipinski definition) is 3. The van der Waals surface area contributed by atoms with Gasteiger partial charge in [0, 0.05) is 18.5 Å². The zero-order valence-corrected chi connectivity index (χ0v) is 13.3. The van der Waals surface area contributed by atoms with E-state index in [9.17, 15) is 9.59 Å². The van der Waals surface area contributed by atoms with E-state index in [1.54, 1.807) is 6.92 Å². The molecule has 0 unspecified atom stereocenters. The maximum Gasteiger partial charge on any atom is 0.340 e. The fourth-order valence-corrected chi connectivity index (χ4v) is 3.17. The molecule has 0 aliphatic carbocycles. The van der Waals surface area contributed by atoms with Gasteiger partial charge in [0.1, 0.15) is 6.04 Å². The summed E-state index contributed by atoms with van der Waals surface area (Å²) in [6, 6.07) is -0.0701. The third-order valence-corrected chi connectivity index (χ3v) is 4.41. The number of likely N-dealkylation sites (tertiary alicyclic amines) is 1. The average molecular weight is 293 g/mol. The Hall–Kier alpha value is -1.62. The van der Waals surface area contributed by atoms with Crippen molar-refractivity contribution < 1.29 is 19.2 Å². The number of carbonyl (C=O) groups excluding carboxylic acids is 2. The Kier molecular flexibility index (Phi) is 4.83. The zero-order chi connectivity index (χ0) is 15.6. The SMILES string of the molecule is CCOC(=O)c1c(C)[nH]c(C(=O)[C@@H](C)[NH+]2CCCC2)c1C. The van der Waals surface area contributed by atoms with Gasteiger partial charge in [-0.2, -0.15) is 0 Å². The van der Waals surface area contributed by atoms with Gasteiger partial charge in [0.15, 0.2) is 0 Å². The number of esters is 1. The number of hydrogen-bond donors (Lipinski definition) is 2. The second-order valence-corrected chi connectivity index (χ2v) is 5.80. The molecule has 21 heavy (non-hydrogen) atoms. The van der Waals surface area contributed by atoms with E-state index in [-0.39, 0.29) is 17.8 Å². The monoisotopic (exact) mass is 293 g/mol. The molecule has 0 amide bonds. The van der Waals surface area contributed by atoms with E-state index in [1.807, 2.05) is 20.8 Å². The summed E-state index contributed by atoms with van der Waals surface area (Å²) >= 11 is 0. The van der Waals surface area contributed by atoms with Crippen LogP contribution in [-0.2, 0) is 4.74 Å². The standard InChI is InChI=1S/C16H24N2O3/c1-5-21-16(20)13-10(2)14(17-11(13)3)15(19)12(4)18-8-6-7-9-18/h12,17H,5-9H2,1-4H3/p+1/t12-/m1/s1. The lowest BCUT2D eigenvalue weighted by Gasteiger charge is -2.19. The van der Waals surface area contributed by atoms with Crippen LogP contribution in [0.25, 0.3) is 0 Å². The van der Waals surface area contributed by atoms with Gasteiger partial charge in [-0.15, -0.1) is 0 Å². The van der Waals surface area contributed by atoms with Gasteiger partial charge in [-0.1, -0.05) is 0 Å². The molecule has 0 radical (unpaired) electrons. The maximum absolute atomic E-state index is 12.7. The van der Waals surface area contributed by atoms with E-state index < -0.39 is 0 Å². The minimum atomic E-state index is -0.357. The van der Waals surface area contributed by atoms with Crippen molar-refractivity contribution in [3.63, 3.8) is 0 Å². The molecule has 1 aromatic rings. The normalized spacial score (nSPS) is 17.0. The third-order valence-electron chi connectivity index (χ3n) is 4.41. The fourth-order valence-electron chi connectivity index (χ4n) is 3.17. The van der Waals surface area contributed by atoms with Gasteiger partial charge < -0.3 is 14.6 Å². The van der Waals surface area contributed by atoms with E-state index in [1.165, 1.54) is 17.7 Å². The van der Waals surface area contributed by atoms with Crippen molar-refractivity contribution in [1.29, 1.82) is 0 Å². The summed E-state index contributed by atoms with van der Waals surface area (Å²) in [6.07, 6.45) is 2.37. The molecule has 0 aromatic carbocycles. The van der Waals surface area contributed by atoms with Crippen LogP contribution < -0.4 is 4.90 Å². The van der Waals surface area contributed by atoms with Crippen molar-refractivity contribution in [3.05, 3.63) is 22.5 Å². The molecular weight excluding hydrogens is 268 g/mol. The first-order chi connectivity index (χ1) is 9.97. The number of aromatic nitrogens is 1.